The second kappa shape index (κ2) is 5.96. The predicted molar refractivity (Wildman–Crippen MR) is 81.0 cm³/mol. The van der Waals surface area contributed by atoms with Crippen LogP contribution in [0.3, 0.4) is 0 Å². The van der Waals surface area contributed by atoms with Gasteiger partial charge in [0, 0.05) is 6.54 Å². The summed E-state index contributed by atoms with van der Waals surface area (Å²) in [5.41, 5.74) is -1.16. The van der Waals surface area contributed by atoms with Crippen molar-refractivity contribution in [2.45, 2.75) is 57.6 Å². The Bertz CT molecular complexity index is 374. The van der Waals surface area contributed by atoms with Crippen LogP contribution < -0.4 is 0 Å². The zero-order chi connectivity index (χ0) is 14.8. The number of aldehydes is 1. The zero-order valence-corrected chi connectivity index (χ0v) is 13.5. The quantitative estimate of drug-likeness (QED) is 0.735. The maximum atomic E-state index is 12.5. The van der Waals surface area contributed by atoms with E-state index in [0.29, 0.717) is 6.54 Å². The maximum absolute atomic E-state index is 12.5. The molecule has 2 unspecified atom stereocenters. The summed E-state index contributed by atoms with van der Waals surface area (Å²) in [6.45, 7) is 6.23. The molecule has 2 rings (SSSR count). The van der Waals surface area contributed by atoms with Gasteiger partial charge in [-0.1, -0.05) is 0 Å². The lowest BCUT2D eigenvalue weighted by atomic mass is 9.77. The molecular weight excluding hydrogens is 274 g/mol. The average Bonchev–Trinajstić information content (AvgIpc) is 2.90. The van der Waals surface area contributed by atoms with E-state index in [4.69, 9.17) is 4.74 Å². The Balaban J connectivity index is 2.22. The predicted octanol–water partition coefficient (Wildman–Crippen LogP) is 3.10. The Morgan fingerprint density at radius 2 is 2.15 bits per heavy atom. The number of thioether (sulfide) groups is 1. The van der Waals surface area contributed by atoms with Crippen molar-refractivity contribution in [2.24, 2.45) is 5.92 Å². The second-order valence-corrected chi connectivity index (χ2v) is 7.91. The molecule has 0 spiro atoms. The topological polar surface area (TPSA) is 46.6 Å². The molecule has 0 N–H and O–H groups in total. The first kappa shape index (κ1) is 15.7. The normalized spacial score (nSPS) is 31.1. The molecule has 2 fully saturated rings. The monoisotopic (exact) mass is 299 g/mol. The molecule has 0 bridgehead atoms. The van der Waals surface area contributed by atoms with Gasteiger partial charge in [0.05, 0.1) is 0 Å². The molecule has 0 aromatic heterocycles. The second-order valence-electron chi connectivity index (χ2n) is 6.76. The number of carbonyl (C=O) groups is 2. The van der Waals surface area contributed by atoms with E-state index in [2.05, 4.69) is 0 Å². The molecule has 0 radical (unpaired) electrons. The van der Waals surface area contributed by atoms with E-state index in [1.807, 2.05) is 32.5 Å². The molecule has 0 saturated carbocycles. The first-order chi connectivity index (χ1) is 9.39. The van der Waals surface area contributed by atoms with Gasteiger partial charge < -0.3 is 9.53 Å². The number of hydrogen-bond donors (Lipinski definition) is 0. The van der Waals surface area contributed by atoms with Gasteiger partial charge in [-0.25, -0.2) is 4.79 Å². The minimum atomic E-state index is -0.635. The Morgan fingerprint density at radius 3 is 2.70 bits per heavy atom. The first-order valence-electron chi connectivity index (χ1n) is 7.44. The van der Waals surface area contributed by atoms with E-state index in [1.165, 1.54) is 0 Å². The van der Waals surface area contributed by atoms with Gasteiger partial charge >= 0.3 is 6.09 Å². The van der Waals surface area contributed by atoms with Crippen LogP contribution in [0.2, 0.25) is 0 Å². The average molecular weight is 299 g/mol. The molecule has 114 valence electrons. The van der Waals surface area contributed by atoms with Crippen LogP contribution >= 0.6 is 11.8 Å². The molecule has 0 aliphatic carbocycles. The van der Waals surface area contributed by atoms with E-state index in [0.717, 1.165) is 43.5 Å². The van der Waals surface area contributed by atoms with E-state index < -0.39 is 11.1 Å². The first-order valence-corrected chi connectivity index (χ1v) is 8.59. The fourth-order valence-corrected chi connectivity index (χ4v) is 4.53. The number of hydrogen-bond acceptors (Lipinski definition) is 4. The molecule has 0 aromatic rings. The summed E-state index contributed by atoms with van der Waals surface area (Å²) in [5, 5.41) is 0. The molecule has 1 amide bonds. The minimum absolute atomic E-state index is 0.276. The fraction of sp³-hybridized carbons (Fsp3) is 0.867. The molecule has 2 aliphatic rings. The van der Waals surface area contributed by atoms with Crippen LogP contribution in [0.15, 0.2) is 0 Å². The smallest absolute Gasteiger partial charge is 0.411 e. The van der Waals surface area contributed by atoms with Crippen LogP contribution in [-0.2, 0) is 9.53 Å². The Hall–Kier alpha value is -0.710. The van der Waals surface area contributed by atoms with Crippen LogP contribution in [0.5, 0.6) is 0 Å². The molecule has 2 atom stereocenters. The summed E-state index contributed by atoms with van der Waals surface area (Å²) in [6, 6.07) is 0. The number of likely N-dealkylation sites (tertiary alicyclic amines) is 1. The maximum Gasteiger partial charge on any atom is 0.411 e. The van der Waals surface area contributed by atoms with Crippen LogP contribution in [0.1, 0.15) is 46.5 Å². The van der Waals surface area contributed by atoms with Crippen LogP contribution in [0, 0.1) is 5.92 Å². The largest absolute Gasteiger partial charge is 0.444 e. The lowest BCUT2D eigenvalue weighted by molar-refractivity contribution is -0.124. The summed E-state index contributed by atoms with van der Waals surface area (Å²) in [7, 11) is 0. The van der Waals surface area contributed by atoms with Gasteiger partial charge in [-0.3, -0.25) is 4.90 Å². The van der Waals surface area contributed by atoms with Crippen molar-refractivity contribution in [3.63, 3.8) is 0 Å². The van der Waals surface area contributed by atoms with Crippen molar-refractivity contribution in [3.8, 4) is 0 Å². The zero-order valence-electron chi connectivity index (χ0n) is 12.7. The molecule has 4 nitrogen and oxygen atoms in total. The SMILES string of the molecule is CC(C)(C)OC(=O)N1CCCCC1(C=O)C1CCSC1. The van der Waals surface area contributed by atoms with Gasteiger partial charge in [-0.05, 0) is 63.9 Å². The molecular formula is C15H25NO3S. The van der Waals surface area contributed by atoms with Crippen molar-refractivity contribution in [1.82, 2.24) is 4.90 Å². The summed E-state index contributed by atoms with van der Waals surface area (Å²) in [5.74, 6) is 2.33. The van der Waals surface area contributed by atoms with E-state index in [-0.39, 0.29) is 12.0 Å². The molecule has 20 heavy (non-hydrogen) atoms. The number of amides is 1. The van der Waals surface area contributed by atoms with Gasteiger partial charge in [0.2, 0.25) is 0 Å². The molecule has 5 heteroatoms. The van der Waals surface area contributed by atoms with E-state index in [1.54, 1.807) is 4.90 Å². The van der Waals surface area contributed by atoms with E-state index >= 15 is 0 Å². The highest BCUT2D eigenvalue weighted by Gasteiger charge is 2.49. The molecule has 0 aromatic carbocycles. The minimum Gasteiger partial charge on any atom is -0.444 e. The van der Waals surface area contributed by atoms with Crippen LogP contribution in [-0.4, -0.2) is 46.5 Å². The Kier molecular flexibility index (Phi) is 4.67. The van der Waals surface area contributed by atoms with Crippen LogP contribution in [0.25, 0.3) is 0 Å². The van der Waals surface area contributed by atoms with Gasteiger partial charge in [0.15, 0.2) is 0 Å². The number of ether oxygens (including phenoxy) is 1. The van der Waals surface area contributed by atoms with Gasteiger partial charge in [-0.15, -0.1) is 0 Å². The lowest BCUT2D eigenvalue weighted by Gasteiger charge is -2.47. The van der Waals surface area contributed by atoms with Gasteiger partial charge in [0.1, 0.15) is 17.4 Å². The van der Waals surface area contributed by atoms with E-state index in [9.17, 15) is 9.59 Å². The van der Waals surface area contributed by atoms with Crippen LogP contribution in [0.4, 0.5) is 4.79 Å². The summed E-state index contributed by atoms with van der Waals surface area (Å²) < 4.78 is 5.52. The highest BCUT2D eigenvalue weighted by atomic mass is 32.2. The molecule has 2 heterocycles. The fourth-order valence-electron chi connectivity index (χ4n) is 3.17. The molecule has 2 saturated heterocycles. The van der Waals surface area contributed by atoms with Crippen molar-refractivity contribution < 1.29 is 14.3 Å². The Morgan fingerprint density at radius 1 is 1.40 bits per heavy atom. The summed E-state index contributed by atoms with van der Waals surface area (Å²) >= 11 is 1.88. The van der Waals surface area contributed by atoms with Crippen molar-refractivity contribution in [1.29, 1.82) is 0 Å². The third-order valence-corrected chi connectivity index (χ3v) is 5.33. The number of nitrogens with zero attached hydrogens (tertiary/aromatic N) is 1. The van der Waals surface area contributed by atoms with Gasteiger partial charge in [0.25, 0.3) is 0 Å². The van der Waals surface area contributed by atoms with Crippen molar-refractivity contribution in [3.05, 3.63) is 0 Å². The highest BCUT2D eigenvalue weighted by molar-refractivity contribution is 7.99. The highest BCUT2D eigenvalue weighted by Crippen LogP contribution is 2.41. The van der Waals surface area contributed by atoms with Gasteiger partial charge in [-0.2, -0.15) is 11.8 Å². The van der Waals surface area contributed by atoms with Crippen molar-refractivity contribution in [2.75, 3.05) is 18.1 Å². The molecule has 2 aliphatic heterocycles. The number of rotatable bonds is 2. The summed E-state index contributed by atoms with van der Waals surface area (Å²) in [4.78, 5) is 26.1. The lowest BCUT2D eigenvalue weighted by Crippen LogP contribution is -2.60. The number of piperidine rings is 1. The third kappa shape index (κ3) is 3.13. The Labute approximate surface area is 125 Å². The summed E-state index contributed by atoms with van der Waals surface area (Å²) in [6.07, 6.45) is 4.45. The number of carbonyl (C=O) groups excluding carboxylic acids is 2. The van der Waals surface area contributed by atoms with Crippen molar-refractivity contribution >= 4 is 24.1 Å². The standard InChI is InChI=1S/C15H25NO3S/c1-14(2,3)19-13(18)16-8-5-4-7-15(16,11-17)12-6-9-20-10-12/h11-12H,4-10H2,1-3H3. The third-order valence-electron chi connectivity index (χ3n) is 4.17.